The first-order valence-electron chi connectivity index (χ1n) is 9.17. The molecule has 0 aromatic heterocycles. The molecule has 0 amide bonds. The summed E-state index contributed by atoms with van der Waals surface area (Å²) in [6.07, 6.45) is 4.69. The predicted octanol–water partition coefficient (Wildman–Crippen LogP) is 3.95. The van der Waals surface area contributed by atoms with Crippen LogP contribution in [-0.4, -0.2) is 18.4 Å². The average molecular weight is 351 g/mol. The highest BCUT2D eigenvalue weighted by atomic mass is 16.5. The molecule has 1 heterocycles. The smallest absolute Gasteiger partial charge is 0.337 e. The second kappa shape index (κ2) is 7.73. The molecule has 0 fully saturated rings. The lowest BCUT2D eigenvalue weighted by molar-refractivity contribution is -0.138. The molecular formula is C22H25NO3. The first-order valence-corrected chi connectivity index (χ1v) is 9.17. The van der Waals surface area contributed by atoms with E-state index in [1.165, 1.54) is 5.56 Å². The van der Waals surface area contributed by atoms with Gasteiger partial charge in [0.05, 0.1) is 5.57 Å². The molecule has 0 bridgehead atoms. The summed E-state index contributed by atoms with van der Waals surface area (Å²) in [4.78, 5) is 25.5. The van der Waals surface area contributed by atoms with E-state index in [1.807, 2.05) is 19.1 Å². The number of rotatable bonds is 5. The van der Waals surface area contributed by atoms with Crippen LogP contribution in [0.2, 0.25) is 0 Å². The molecule has 0 saturated carbocycles. The van der Waals surface area contributed by atoms with Crippen molar-refractivity contribution in [3.63, 3.8) is 0 Å². The van der Waals surface area contributed by atoms with Crippen LogP contribution in [0.3, 0.4) is 0 Å². The fourth-order valence-electron chi connectivity index (χ4n) is 3.75. The van der Waals surface area contributed by atoms with E-state index in [9.17, 15) is 9.59 Å². The van der Waals surface area contributed by atoms with Gasteiger partial charge in [0.15, 0.2) is 5.78 Å². The van der Waals surface area contributed by atoms with Gasteiger partial charge < -0.3 is 10.1 Å². The van der Waals surface area contributed by atoms with Crippen LogP contribution in [0.4, 0.5) is 0 Å². The van der Waals surface area contributed by atoms with Crippen molar-refractivity contribution in [1.29, 1.82) is 0 Å². The molecule has 4 heteroatoms. The molecule has 4 nitrogen and oxygen atoms in total. The first-order chi connectivity index (χ1) is 12.6. The number of carbonyl (C=O) groups excluding carboxylic acids is 2. The van der Waals surface area contributed by atoms with Crippen molar-refractivity contribution < 1.29 is 14.3 Å². The molecule has 0 spiro atoms. The molecule has 2 aliphatic rings. The van der Waals surface area contributed by atoms with Gasteiger partial charge in [0.25, 0.3) is 0 Å². The molecule has 1 atom stereocenters. The Balaban J connectivity index is 2.10. The number of aryl methyl sites for hydroxylation is 1. The standard InChI is InChI=1S/C22H25NO3/c1-4-13-26-22(25)19-14(3)23-17-7-6-8-18(24)21(17)20(19)16-11-9-15(5-2)10-12-16/h4,9-12,20,23H,1,5-8,13H2,2-3H3. The zero-order valence-electron chi connectivity index (χ0n) is 15.4. The van der Waals surface area contributed by atoms with Gasteiger partial charge in [-0.25, -0.2) is 4.79 Å². The van der Waals surface area contributed by atoms with Crippen molar-refractivity contribution in [1.82, 2.24) is 5.32 Å². The van der Waals surface area contributed by atoms with E-state index in [0.717, 1.165) is 41.8 Å². The lowest BCUT2D eigenvalue weighted by Crippen LogP contribution is -2.34. The number of ketones is 1. The zero-order valence-corrected chi connectivity index (χ0v) is 15.4. The second-order valence-electron chi connectivity index (χ2n) is 6.75. The quantitative estimate of drug-likeness (QED) is 0.645. The molecule has 1 unspecified atom stereocenters. The highest BCUT2D eigenvalue weighted by Gasteiger charge is 2.38. The summed E-state index contributed by atoms with van der Waals surface area (Å²) < 4.78 is 5.32. The van der Waals surface area contributed by atoms with Crippen molar-refractivity contribution in [2.75, 3.05) is 6.61 Å². The lowest BCUT2D eigenvalue weighted by Gasteiger charge is -2.34. The second-order valence-corrected chi connectivity index (χ2v) is 6.75. The van der Waals surface area contributed by atoms with Gasteiger partial charge >= 0.3 is 5.97 Å². The maximum absolute atomic E-state index is 12.8. The third-order valence-electron chi connectivity index (χ3n) is 5.05. The first kappa shape index (κ1) is 18.2. The highest BCUT2D eigenvalue weighted by molar-refractivity contribution is 6.03. The number of benzene rings is 1. The number of hydrogen-bond donors (Lipinski definition) is 1. The van der Waals surface area contributed by atoms with Gasteiger partial charge in [-0.1, -0.05) is 43.8 Å². The van der Waals surface area contributed by atoms with Gasteiger partial charge in [-0.2, -0.15) is 0 Å². The normalized spacial score (nSPS) is 19.8. The third-order valence-corrected chi connectivity index (χ3v) is 5.05. The van der Waals surface area contributed by atoms with Crippen LogP contribution in [0.5, 0.6) is 0 Å². The van der Waals surface area contributed by atoms with Crippen molar-refractivity contribution in [2.45, 2.75) is 45.4 Å². The Hall–Kier alpha value is -2.62. The van der Waals surface area contributed by atoms with E-state index in [-0.39, 0.29) is 18.3 Å². The summed E-state index contributed by atoms with van der Waals surface area (Å²) in [6.45, 7) is 7.73. The molecule has 3 rings (SSSR count). The van der Waals surface area contributed by atoms with Crippen LogP contribution >= 0.6 is 0 Å². The van der Waals surface area contributed by atoms with E-state index >= 15 is 0 Å². The summed E-state index contributed by atoms with van der Waals surface area (Å²) in [5.41, 5.74) is 5.13. The van der Waals surface area contributed by atoms with Crippen LogP contribution in [0, 0.1) is 0 Å². The molecule has 1 aromatic rings. The summed E-state index contributed by atoms with van der Waals surface area (Å²) in [5.74, 6) is -0.656. The van der Waals surface area contributed by atoms with Crippen LogP contribution in [0.25, 0.3) is 0 Å². The number of Topliss-reactive ketones (excluding diaryl/α,β-unsaturated/α-hetero) is 1. The fourth-order valence-corrected chi connectivity index (χ4v) is 3.75. The molecule has 1 N–H and O–H groups in total. The van der Waals surface area contributed by atoms with Crippen molar-refractivity contribution in [3.05, 3.63) is 70.6 Å². The number of nitrogens with one attached hydrogen (secondary N) is 1. The zero-order chi connectivity index (χ0) is 18.7. The molecule has 26 heavy (non-hydrogen) atoms. The van der Waals surface area contributed by atoms with Gasteiger partial charge in [0, 0.05) is 29.3 Å². The maximum atomic E-state index is 12.8. The average Bonchev–Trinajstić information content (AvgIpc) is 2.65. The molecule has 1 aliphatic carbocycles. The highest BCUT2D eigenvalue weighted by Crippen LogP contribution is 2.42. The van der Waals surface area contributed by atoms with Crippen LogP contribution in [-0.2, 0) is 20.7 Å². The Morgan fingerprint density at radius 2 is 2.04 bits per heavy atom. The van der Waals surface area contributed by atoms with Crippen LogP contribution < -0.4 is 5.32 Å². The molecule has 1 aromatic carbocycles. The number of esters is 1. The largest absolute Gasteiger partial charge is 0.458 e. The third kappa shape index (κ3) is 3.36. The fraction of sp³-hybridized carbons (Fsp3) is 0.364. The Morgan fingerprint density at radius 3 is 2.69 bits per heavy atom. The van der Waals surface area contributed by atoms with Crippen molar-refractivity contribution >= 4 is 11.8 Å². The summed E-state index contributed by atoms with van der Waals surface area (Å²) >= 11 is 0. The van der Waals surface area contributed by atoms with Crippen molar-refractivity contribution in [2.24, 2.45) is 0 Å². The Labute approximate surface area is 154 Å². The van der Waals surface area contributed by atoms with E-state index in [1.54, 1.807) is 6.08 Å². The van der Waals surface area contributed by atoms with E-state index in [0.29, 0.717) is 12.0 Å². The van der Waals surface area contributed by atoms with Gasteiger partial charge in [0.1, 0.15) is 6.61 Å². The minimum absolute atomic E-state index is 0.116. The van der Waals surface area contributed by atoms with Crippen LogP contribution in [0.15, 0.2) is 59.5 Å². The number of ether oxygens (including phenoxy) is 1. The molecule has 136 valence electrons. The lowest BCUT2D eigenvalue weighted by atomic mass is 9.75. The summed E-state index contributed by atoms with van der Waals surface area (Å²) in [7, 11) is 0. The SMILES string of the molecule is C=CCOC(=O)C1=C(C)NC2=C(C(=O)CCC2)C1c1ccc(CC)cc1. The predicted molar refractivity (Wildman–Crippen MR) is 101 cm³/mol. The number of carbonyl (C=O) groups is 2. The van der Waals surface area contributed by atoms with Crippen LogP contribution in [0.1, 0.15) is 50.2 Å². The van der Waals surface area contributed by atoms with Gasteiger partial charge in [-0.05, 0) is 37.3 Å². The van der Waals surface area contributed by atoms with E-state index in [2.05, 4.69) is 31.0 Å². The minimum atomic E-state index is -0.399. The van der Waals surface area contributed by atoms with Gasteiger partial charge in [0.2, 0.25) is 0 Å². The summed E-state index contributed by atoms with van der Waals surface area (Å²) in [5, 5.41) is 3.29. The number of allylic oxidation sites excluding steroid dienone is 3. The molecule has 0 radical (unpaired) electrons. The Bertz CT molecular complexity index is 799. The van der Waals surface area contributed by atoms with E-state index in [4.69, 9.17) is 4.74 Å². The van der Waals surface area contributed by atoms with Crippen molar-refractivity contribution in [3.8, 4) is 0 Å². The topological polar surface area (TPSA) is 55.4 Å². The number of dihydropyridines is 1. The molecule has 0 saturated heterocycles. The van der Waals surface area contributed by atoms with Gasteiger partial charge in [-0.3, -0.25) is 4.79 Å². The van der Waals surface area contributed by atoms with Gasteiger partial charge in [-0.15, -0.1) is 0 Å². The Morgan fingerprint density at radius 1 is 1.31 bits per heavy atom. The number of hydrogen-bond acceptors (Lipinski definition) is 4. The molecular weight excluding hydrogens is 326 g/mol. The molecule has 1 aliphatic heterocycles. The minimum Gasteiger partial charge on any atom is -0.458 e. The monoisotopic (exact) mass is 351 g/mol. The Kier molecular flexibility index (Phi) is 5.40. The maximum Gasteiger partial charge on any atom is 0.337 e. The van der Waals surface area contributed by atoms with E-state index < -0.39 is 5.97 Å². The summed E-state index contributed by atoms with van der Waals surface area (Å²) in [6, 6.07) is 8.17.